The predicted octanol–water partition coefficient (Wildman–Crippen LogP) is 3.35. The van der Waals surface area contributed by atoms with Gasteiger partial charge in [-0.05, 0) is 25.1 Å². The molecular formula is C18H13ClN4O4. The van der Waals surface area contributed by atoms with Crippen molar-refractivity contribution in [3.63, 3.8) is 0 Å². The van der Waals surface area contributed by atoms with E-state index < -0.39 is 16.3 Å². The second-order valence-electron chi connectivity index (χ2n) is 5.62. The molecular weight excluding hydrogens is 372 g/mol. The molecule has 0 atom stereocenters. The van der Waals surface area contributed by atoms with Crippen LogP contribution >= 0.6 is 11.6 Å². The first kappa shape index (κ1) is 18.3. The smallest absolute Gasteiger partial charge is 0.280 e. The predicted molar refractivity (Wildman–Crippen MR) is 101 cm³/mol. The van der Waals surface area contributed by atoms with Crippen LogP contribution in [-0.4, -0.2) is 20.6 Å². The van der Waals surface area contributed by atoms with Gasteiger partial charge in [0, 0.05) is 29.6 Å². The molecule has 0 radical (unpaired) electrons. The molecule has 1 N–H and O–H groups in total. The number of amides is 1. The van der Waals surface area contributed by atoms with Gasteiger partial charge in [0.15, 0.2) is 5.69 Å². The van der Waals surface area contributed by atoms with Crippen molar-refractivity contribution >= 4 is 28.9 Å². The molecule has 2 aromatic carbocycles. The first-order chi connectivity index (χ1) is 12.9. The Bertz CT molecular complexity index is 1110. The minimum Gasteiger partial charge on any atom is -0.320 e. The number of anilines is 1. The van der Waals surface area contributed by atoms with Crippen molar-refractivity contribution < 1.29 is 9.72 Å². The molecule has 136 valence electrons. The van der Waals surface area contributed by atoms with Crippen LogP contribution in [0.2, 0.25) is 5.02 Å². The highest BCUT2D eigenvalue weighted by molar-refractivity contribution is 6.32. The van der Waals surface area contributed by atoms with E-state index in [2.05, 4.69) is 10.4 Å². The highest BCUT2D eigenvalue weighted by atomic mass is 35.5. The second-order valence-corrected chi connectivity index (χ2v) is 6.03. The van der Waals surface area contributed by atoms with Gasteiger partial charge in [0.1, 0.15) is 0 Å². The molecule has 3 rings (SSSR count). The monoisotopic (exact) mass is 384 g/mol. The highest BCUT2D eigenvalue weighted by Gasteiger charge is 2.17. The first-order valence-electron chi connectivity index (χ1n) is 7.78. The summed E-state index contributed by atoms with van der Waals surface area (Å²) in [6.07, 6.45) is 0. The maximum atomic E-state index is 12.5. The molecule has 0 aliphatic carbocycles. The minimum atomic E-state index is -0.777. The number of carbonyl (C=O) groups is 1. The molecule has 1 heterocycles. The van der Waals surface area contributed by atoms with Crippen molar-refractivity contribution in [1.29, 1.82) is 0 Å². The molecule has 0 unspecified atom stereocenters. The van der Waals surface area contributed by atoms with E-state index in [1.807, 2.05) is 0 Å². The van der Waals surface area contributed by atoms with Crippen molar-refractivity contribution in [2.75, 3.05) is 5.32 Å². The van der Waals surface area contributed by atoms with E-state index in [1.165, 1.54) is 35.0 Å². The SMILES string of the molecule is Cc1cc(=O)c(C(=O)Nc2cccc([N+](=O)[O-])c2)nn1-c1ccccc1Cl. The summed E-state index contributed by atoms with van der Waals surface area (Å²) < 4.78 is 1.39. The van der Waals surface area contributed by atoms with E-state index in [1.54, 1.807) is 31.2 Å². The third-order valence-corrected chi connectivity index (χ3v) is 4.04. The highest BCUT2D eigenvalue weighted by Crippen LogP contribution is 2.20. The normalized spacial score (nSPS) is 10.4. The van der Waals surface area contributed by atoms with E-state index in [4.69, 9.17) is 11.6 Å². The van der Waals surface area contributed by atoms with E-state index in [9.17, 15) is 19.7 Å². The minimum absolute atomic E-state index is 0.181. The lowest BCUT2D eigenvalue weighted by Crippen LogP contribution is -2.27. The molecule has 3 aromatic rings. The number of halogens is 1. The Morgan fingerprint density at radius 1 is 1.19 bits per heavy atom. The van der Waals surface area contributed by atoms with Crippen LogP contribution in [0.3, 0.4) is 0 Å². The number of nitrogens with zero attached hydrogens (tertiary/aromatic N) is 3. The number of nitrogens with one attached hydrogen (secondary N) is 1. The Kier molecular flexibility index (Phi) is 5.00. The average molecular weight is 385 g/mol. The molecule has 1 amide bonds. The number of benzene rings is 2. The van der Waals surface area contributed by atoms with Gasteiger partial charge in [-0.25, -0.2) is 4.68 Å². The zero-order valence-electron chi connectivity index (χ0n) is 14.0. The molecule has 0 spiro atoms. The Hall–Kier alpha value is -3.52. The van der Waals surface area contributed by atoms with Crippen molar-refractivity contribution in [3.8, 4) is 5.69 Å². The van der Waals surface area contributed by atoms with Crippen molar-refractivity contribution in [2.45, 2.75) is 6.92 Å². The maximum Gasteiger partial charge on any atom is 0.280 e. The number of carbonyl (C=O) groups excluding carboxylic acids is 1. The van der Waals surface area contributed by atoms with Crippen molar-refractivity contribution in [3.05, 3.63) is 91.3 Å². The van der Waals surface area contributed by atoms with Crippen molar-refractivity contribution in [2.24, 2.45) is 0 Å². The fourth-order valence-corrected chi connectivity index (χ4v) is 2.68. The van der Waals surface area contributed by atoms with Crippen LogP contribution in [0.15, 0.2) is 59.4 Å². The van der Waals surface area contributed by atoms with Gasteiger partial charge in [0.2, 0.25) is 5.43 Å². The summed E-state index contributed by atoms with van der Waals surface area (Å²) in [6.45, 7) is 1.67. The van der Waals surface area contributed by atoms with Crippen LogP contribution in [0.4, 0.5) is 11.4 Å². The zero-order valence-corrected chi connectivity index (χ0v) is 14.8. The third-order valence-electron chi connectivity index (χ3n) is 3.72. The lowest BCUT2D eigenvalue weighted by Gasteiger charge is -2.12. The van der Waals surface area contributed by atoms with Crippen molar-refractivity contribution in [1.82, 2.24) is 9.78 Å². The number of rotatable bonds is 4. The van der Waals surface area contributed by atoms with E-state index in [0.29, 0.717) is 16.4 Å². The Morgan fingerprint density at radius 3 is 2.63 bits per heavy atom. The molecule has 0 aliphatic rings. The van der Waals surface area contributed by atoms with Crippen LogP contribution in [0.5, 0.6) is 0 Å². The molecule has 0 saturated heterocycles. The average Bonchev–Trinajstić information content (AvgIpc) is 2.63. The maximum absolute atomic E-state index is 12.5. The van der Waals surface area contributed by atoms with Gasteiger partial charge in [0.25, 0.3) is 11.6 Å². The largest absolute Gasteiger partial charge is 0.320 e. The molecule has 8 nitrogen and oxygen atoms in total. The van der Waals surface area contributed by atoms with Gasteiger partial charge in [-0.15, -0.1) is 0 Å². The number of nitro groups is 1. The number of aryl methyl sites for hydroxylation is 1. The zero-order chi connectivity index (χ0) is 19.6. The fourth-order valence-electron chi connectivity index (χ4n) is 2.46. The number of non-ortho nitro benzene ring substituents is 1. The summed E-state index contributed by atoms with van der Waals surface area (Å²) in [5.74, 6) is -0.777. The summed E-state index contributed by atoms with van der Waals surface area (Å²) in [4.78, 5) is 35.0. The molecule has 0 aliphatic heterocycles. The number of nitro benzene ring substituents is 1. The molecule has 0 bridgehead atoms. The Labute approximate surface area is 158 Å². The summed E-state index contributed by atoms with van der Waals surface area (Å²) in [5, 5.41) is 17.8. The molecule has 27 heavy (non-hydrogen) atoms. The lowest BCUT2D eigenvalue weighted by molar-refractivity contribution is -0.384. The molecule has 0 saturated carbocycles. The molecule has 9 heteroatoms. The molecule has 1 aromatic heterocycles. The summed E-state index contributed by atoms with van der Waals surface area (Å²) in [6, 6.07) is 13.5. The van der Waals surface area contributed by atoms with E-state index in [-0.39, 0.29) is 17.1 Å². The number of para-hydroxylation sites is 1. The second kappa shape index (κ2) is 7.38. The van der Waals surface area contributed by atoms with Gasteiger partial charge in [-0.3, -0.25) is 19.7 Å². The number of hydrogen-bond donors (Lipinski definition) is 1. The van der Waals surface area contributed by atoms with E-state index in [0.717, 1.165) is 0 Å². The number of hydrogen-bond acceptors (Lipinski definition) is 5. The van der Waals surface area contributed by atoms with Crippen LogP contribution in [-0.2, 0) is 0 Å². The van der Waals surface area contributed by atoms with Gasteiger partial charge in [0.05, 0.1) is 15.6 Å². The standard InChI is InChI=1S/C18H13ClN4O4/c1-11-9-16(24)17(21-22(11)15-8-3-2-7-14(15)19)18(25)20-12-5-4-6-13(10-12)23(26)27/h2-10H,1H3,(H,20,25). The van der Waals surface area contributed by atoms with Crippen LogP contribution < -0.4 is 10.7 Å². The van der Waals surface area contributed by atoms with Crippen LogP contribution in [0.1, 0.15) is 16.2 Å². The molecule has 0 fully saturated rings. The Balaban J connectivity index is 1.99. The number of aromatic nitrogens is 2. The van der Waals surface area contributed by atoms with Gasteiger partial charge >= 0.3 is 0 Å². The first-order valence-corrected chi connectivity index (χ1v) is 8.16. The van der Waals surface area contributed by atoms with E-state index >= 15 is 0 Å². The quantitative estimate of drug-likeness (QED) is 0.548. The van der Waals surface area contributed by atoms with Crippen LogP contribution in [0.25, 0.3) is 5.69 Å². The Morgan fingerprint density at radius 2 is 1.93 bits per heavy atom. The topological polar surface area (TPSA) is 107 Å². The van der Waals surface area contributed by atoms with Gasteiger partial charge in [-0.1, -0.05) is 29.8 Å². The van der Waals surface area contributed by atoms with Gasteiger partial charge in [-0.2, -0.15) is 5.10 Å². The fraction of sp³-hybridized carbons (Fsp3) is 0.0556. The van der Waals surface area contributed by atoms with Gasteiger partial charge < -0.3 is 5.32 Å². The lowest BCUT2D eigenvalue weighted by atomic mass is 10.2. The summed E-state index contributed by atoms with van der Waals surface area (Å²) in [7, 11) is 0. The summed E-state index contributed by atoms with van der Waals surface area (Å²) in [5.41, 5.74) is 0.0882. The third kappa shape index (κ3) is 3.85. The summed E-state index contributed by atoms with van der Waals surface area (Å²) >= 11 is 6.18. The van der Waals surface area contributed by atoms with Crippen LogP contribution in [0, 0.1) is 17.0 Å².